The van der Waals surface area contributed by atoms with Gasteiger partial charge in [-0.2, -0.15) is 39.9 Å². The molecule has 12 heterocycles. The molecule has 8 aromatic heterocycles. The van der Waals surface area contributed by atoms with Crippen molar-refractivity contribution in [2.24, 2.45) is 0 Å². The maximum absolute atomic E-state index is 16.1. The second-order valence-corrected chi connectivity index (χ2v) is 33.4. The number of hydrogen-bond acceptors (Lipinski definition) is 40. The van der Waals surface area contributed by atoms with Gasteiger partial charge in [0.1, 0.15) is 73.0 Å². The molecule has 4 fully saturated rings. The number of aliphatic carboxylic acids is 4. The van der Waals surface area contributed by atoms with E-state index < -0.39 is 234 Å². The number of nitrogens with one attached hydrogen (secondary N) is 4. The van der Waals surface area contributed by atoms with E-state index in [1.54, 1.807) is 5.09 Å². The van der Waals surface area contributed by atoms with Crippen molar-refractivity contribution < 1.29 is 185 Å². The Labute approximate surface area is 707 Å². The fraction of sp³-hybridized carbons (Fsp3) is 0.600. The van der Waals surface area contributed by atoms with E-state index in [1.807, 2.05) is 10.2 Å². The summed E-state index contributed by atoms with van der Waals surface area (Å²) in [6, 6.07) is -7.88. The van der Waals surface area contributed by atoms with Crippen LogP contribution in [-0.4, -0.2) is 313 Å². The average Bonchev–Trinajstić information content (AvgIpc) is 1.57. The van der Waals surface area contributed by atoms with Crippen LogP contribution < -0.4 is 62.2 Å². The van der Waals surface area contributed by atoms with Gasteiger partial charge in [0.15, 0.2) is 92.2 Å². The number of halogens is 4. The molecule has 0 spiro atoms. The Balaban J connectivity index is 0.000000201. The van der Waals surface area contributed by atoms with Crippen LogP contribution in [0.5, 0.6) is 23.5 Å². The number of nitrogen functional groups attached to an aromatic ring is 4. The first-order valence-corrected chi connectivity index (χ1v) is 41.1. The van der Waals surface area contributed by atoms with Crippen molar-refractivity contribution in [1.29, 1.82) is 0 Å². The number of methoxy groups -OCH3 is 4. The van der Waals surface area contributed by atoms with Gasteiger partial charge < -0.3 is 121 Å². The highest BCUT2D eigenvalue weighted by molar-refractivity contribution is 7.51. The van der Waals surface area contributed by atoms with Gasteiger partial charge in [0.2, 0.25) is 47.3 Å². The van der Waals surface area contributed by atoms with Crippen LogP contribution in [0.15, 0.2) is 25.3 Å². The van der Waals surface area contributed by atoms with Gasteiger partial charge in [-0.1, -0.05) is 0 Å². The maximum Gasteiger partial charge on any atom is 0.403 e. The van der Waals surface area contributed by atoms with Gasteiger partial charge in [-0.3, -0.25) is 55.5 Å². The topological polar surface area (TPSA) is 817 Å². The Morgan fingerprint density at radius 1 is 0.444 bits per heavy atom. The van der Waals surface area contributed by atoms with E-state index >= 15 is 17.6 Å². The molecule has 688 valence electrons. The quantitative estimate of drug-likeness (QED) is 0.0166. The predicted octanol–water partition coefficient (Wildman–Crippen LogP) is -1.67. The smallest absolute Gasteiger partial charge is 0.403 e. The lowest BCUT2D eigenvalue weighted by Crippen LogP contribution is -2.41. The molecular formula is C60H88F4N24O32P4. The molecular weight excluding hydrogens is 1770 g/mol. The third-order valence-corrected chi connectivity index (χ3v) is 22.8. The van der Waals surface area contributed by atoms with Crippen molar-refractivity contribution in [3.05, 3.63) is 25.3 Å². The van der Waals surface area contributed by atoms with Crippen LogP contribution in [0.3, 0.4) is 0 Å². The fourth-order valence-corrected chi connectivity index (χ4v) is 15.8. The van der Waals surface area contributed by atoms with E-state index in [1.165, 1.54) is 32.7 Å². The van der Waals surface area contributed by atoms with Crippen LogP contribution in [0.4, 0.5) is 41.4 Å². The molecule has 4 saturated heterocycles. The van der Waals surface area contributed by atoms with Gasteiger partial charge >= 0.3 is 54.9 Å². The second-order valence-electron chi connectivity index (χ2n) is 27.3. The summed E-state index contributed by atoms with van der Waals surface area (Å²) in [5, 5.41) is 84.2. The molecule has 24 N–H and O–H groups in total. The third-order valence-electron chi connectivity index (χ3n) is 18.2. The number of carboxylic acid groups (broad SMARTS) is 4. The van der Waals surface area contributed by atoms with Gasteiger partial charge in [0, 0.05) is 8.22 Å². The predicted molar refractivity (Wildman–Crippen MR) is 407 cm³/mol. The van der Waals surface area contributed by atoms with E-state index in [0.29, 0.717) is 0 Å². The summed E-state index contributed by atoms with van der Waals surface area (Å²) in [6.45, 7) is -4.08. The molecule has 0 amide bonds. The van der Waals surface area contributed by atoms with Crippen LogP contribution in [-0.2, 0) is 74.5 Å². The number of ether oxygens (including phenoxy) is 8. The summed E-state index contributed by atoms with van der Waals surface area (Å²) in [4.78, 5) is 130. The van der Waals surface area contributed by atoms with Gasteiger partial charge in [-0.25, -0.2) is 76.1 Å². The standard InChI is InChI=1S/4C15H22FN6O8P/c4*1-6(12(24)25)21-31(26,27)29-4-7-9(23)15(2,16)13(30-7)22-5-18-8-10(22)19-14(17)20-11(8)28-3/h4*5-7,9,13,23H,4H2,1-3H3,(H,24,25)(H2,17,19,20)(H2,21,26,27)/t4*6-,7+,9+,13+,15+/m0000/s1/i6D;3D3;2D3;1D3. The number of nitrogens with zero attached hydrogens (tertiary/aromatic N) is 16. The van der Waals surface area contributed by atoms with E-state index in [0.717, 1.165) is 78.8 Å². The normalized spacial score (nSPS) is 30.8. The molecule has 4 aliphatic heterocycles. The zero-order valence-corrected chi connectivity index (χ0v) is 68.7. The van der Waals surface area contributed by atoms with Crippen molar-refractivity contribution >= 4 is 123 Å². The highest BCUT2D eigenvalue weighted by atomic mass is 31.2. The molecule has 0 aliphatic carbocycles. The van der Waals surface area contributed by atoms with Crippen molar-refractivity contribution in [2.75, 3.05) is 77.7 Å². The molecule has 4 unspecified atom stereocenters. The lowest BCUT2D eigenvalue weighted by Gasteiger charge is -2.24. The Hall–Kier alpha value is -9.68. The summed E-state index contributed by atoms with van der Waals surface area (Å²) in [6.07, 6.45) is -16.6. The SMILES string of the molecule is [2H]C([2H])([2H])Oc1nc(N)nc2c1ncn2[C@@H]1O[C@H](COP(=O)(O)N[C@@H](C)C(=O)O)[C@@H](O)[C@@]1(C)F.[2H]C([2H])([2H])[C@@]1(F)[C@H](O)[C@@H](COP(=O)(O)N[C@@H](C)C(=O)O)O[C@H]1n1cnc2c(OC)nc(N)nc21.[2H]C([2H])([2H])[C@H](NP(=O)(O)OC[C@H]1O[C@@H](n2cnc3c(OC)nc(N)nc32)[C@](C)(F)[C@@H]1O)C(=O)O.[2H][C@@](C)(NP(=O)(O)OC[C@H]1O[C@@H](n2cnc3c(OC)nc(N)nc32)[C@](C)(F)[C@@H]1O)C(=O)O. The number of carbonyl (C=O) groups is 4. The number of imidazole rings is 4. The molecule has 0 saturated carbocycles. The van der Waals surface area contributed by atoms with Crippen LogP contribution >= 0.6 is 31.0 Å². The third kappa shape index (κ3) is 21.5. The zero-order valence-electron chi connectivity index (χ0n) is 75.1. The molecule has 0 bridgehead atoms. The number of nitrogens with two attached hydrogens (primary N) is 4. The van der Waals surface area contributed by atoms with E-state index in [2.05, 4.69) is 59.8 Å². The van der Waals surface area contributed by atoms with Crippen LogP contribution in [0.25, 0.3) is 44.7 Å². The molecule has 0 radical (unpaired) electrons. The number of carboxylic acids is 4. The van der Waals surface area contributed by atoms with Gasteiger partial charge in [-0.15, -0.1) is 0 Å². The Morgan fingerprint density at radius 2 is 0.685 bits per heavy atom. The molecule has 124 heavy (non-hydrogen) atoms. The molecule has 8 aromatic rings. The van der Waals surface area contributed by atoms with E-state index in [-0.39, 0.29) is 80.1 Å². The summed E-state index contributed by atoms with van der Waals surface area (Å²) in [7, 11) is -18.3. The minimum atomic E-state index is -5.03. The minimum Gasteiger partial charge on any atom is -0.480 e. The summed E-state index contributed by atoms with van der Waals surface area (Å²) >= 11 is 0. The van der Waals surface area contributed by atoms with E-state index in [9.17, 15) is 77.4 Å². The Bertz CT molecular complexity index is 5870. The Kier molecular flexibility index (Phi) is 25.6. The first kappa shape index (κ1) is 83.8. The first-order chi connectivity index (χ1) is 61.4. The van der Waals surface area contributed by atoms with Crippen molar-refractivity contribution in [3.8, 4) is 23.5 Å². The summed E-state index contributed by atoms with van der Waals surface area (Å²) < 4.78 is 250. The molecule has 24 atom stereocenters. The average molecular weight is 1870 g/mol. The molecule has 0 aromatic carbocycles. The molecule has 56 nitrogen and oxygen atoms in total. The van der Waals surface area contributed by atoms with Crippen molar-refractivity contribution in [2.45, 2.75) is 176 Å². The fourth-order valence-electron chi connectivity index (χ4n) is 11.9. The van der Waals surface area contributed by atoms with E-state index in [4.69, 9.17) is 113 Å². The van der Waals surface area contributed by atoms with Gasteiger partial charge in [0.25, 0.3) is 0 Å². The number of aliphatic hydroxyl groups excluding tert-OH is 4. The van der Waals surface area contributed by atoms with Gasteiger partial charge in [0.05, 0.1) is 85.6 Å². The lowest BCUT2D eigenvalue weighted by molar-refractivity contribution is -0.139. The van der Waals surface area contributed by atoms with Crippen molar-refractivity contribution in [1.82, 2.24) is 98.4 Å². The number of rotatable bonds is 32. The molecule has 64 heteroatoms. The number of anilines is 4. The first-order valence-electron chi connectivity index (χ1n) is 39.8. The van der Waals surface area contributed by atoms with Gasteiger partial charge in [-0.05, 0) is 55.2 Å². The minimum absolute atomic E-state index is 0.00546. The summed E-state index contributed by atoms with van der Waals surface area (Å²) in [5.74, 6) is -8.15. The second kappa shape index (κ2) is 37.9. The number of alkyl halides is 4. The lowest BCUT2D eigenvalue weighted by atomic mass is 9.98. The van der Waals surface area contributed by atoms with Crippen LogP contribution in [0, 0.1) is 0 Å². The zero-order chi connectivity index (χ0) is 101. The van der Waals surface area contributed by atoms with Crippen LogP contribution in [0.1, 0.15) is 93.9 Å². The monoisotopic (exact) mass is 1870 g/mol. The molecule has 12 rings (SSSR count). The van der Waals surface area contributed by atoms with Crippen LogP contribution in [0.2, 0.25) is 0 Å². The molecule has 4 aliphatic rings. The maximum atomic E-state index is 16.1. The largest absolute Gasteiger partial charge is 0.480 e. The number of aliphatic hydroxyl groups is 4. The number of fused-ring (bicyclic) bond motifs is 4. The van der Waals surface area contributed by atoms with Crippen molar-refractivity contribution in [3.63, 3.8) is 0 Å². The summed E-state index contributed by atoms with van der Waals surface area (Å²) in [5.41, 5.74) is 11.4. The highest BCUT2D eigenvalue weighted by Crippen LogP contribution is 2.51. The number of aromatic nitrogens is 16. The number of hydrogen-bond donors (Lipinski definition) is 20. The highest BCUT2D eigenvalue weighted by Gasteiger charge is 2.60. The Morgan fingerprint density at radius 3 is 0.919 bits per heavy atom.